The molecule has 0 aliphatic carbocycles. The van der Waals surface area contributed by atoms with Gasteiger partial charge in [0.1, 0.15) is 13.2 Å². The van der Waals surface area contributed by atoms with Crippen molar-refractivity contribution < 1.29 is 34.1 Å². The quantitative estimate of drug-likeness (QED) is 0.374. The molecule has 0 aromatic heterocycles. The summed E-state index contributed by atoms with van der Waals surface area (Å²) in [6.45, 7) is 0.338. The summed E-state index contributed by atoms with van der Waals surface area (Å²) in [5.74, 6) is -2.86. The predicted molar refractivity (Wildman–Crippen MR) is 88.9 cm³/mol. The van der Waals surface area contributed by atoms with Gasteiger partial charge >= 0.3 is 12.1 Å². The number of alkyl carbamates (subject to hydrolysis) is 1. The van der Waals surface area contributed by atoms with Gasteiger partial charge in [-0.3, -0.25) is 9.59 Å². The molecule has 0 aliphatic heterocycles. The van der Waals surface area contributed by atoms with Crippen LogP contribution in [0.1, 0.15) is 12.5 Å². The standard InChI is InChI=1S/C16H21N3O7/c1-10(20)14(15(23)24)19-13(22)8-17-12(21)7-18-16(25)26-9-11-5-3-2-4-6-11/h2-6,10,14,20H,7-9H2,1H3,(H,17,21)(H,18,25)(H,19,22)(H,23,24). The van der Waals surface area contributed by atoms with Crippen molar-refractivity contribution in [1.82, 2.24) is 16.0 Å². The minimum Gasteiger partial charge on any atom is -0.480 e. The second kappa shape index (κ2) is 10.7. The second-order valence-electron chi connectivity index (χ2n) is 5.32. The van der Waals surface area contributed by atoms with Crippen molar-refractivity contribution in [2.75, 3.05) is 13.1 Å². The largest absolute Gasteiger partial charge is 0.480 e. The van der Waals surface area contributed by atoms with Gasteiger partial charge in [-0.1, -0.05) is 30.3 Å². The molecule has 0 fully saturated rings. The summed E-state index contributed by atoms with van der Waals surface area (Å²) in [6, 6.07) is 7.48. The lowest BCUT2D eigenvalue weighted by atomic mass is 10.2. The molecule has 1 aromatic carbocycles. The van der Waals surface area contributed by atoms with Crippen LogP contribution in [-0.2, 0) is 25.7 Å². The maximum absolute atomic E-state index is 11.6. The molecule has 0 bridgehead atoms. The highest BCUT2D eigenvalue weighted by Crippen LogP contribution is 2.00. The summed E-state index contributed by atoms with van der Waals surface area (Å²) in [4.78, 5) is 45.4. The average molecular weight is 367 g/mol. The molecule has 3 amide bonds. The number of rotatable bonds is 9. The second-order valence-corrected chi connectivity index (χ2v) is 5.32. The molecule has 1 rings (SSSR count). The molecular formula is C16H21N3O7. The molecule has 0 aliphatic rings. The van der Waals surface area contributed by atoms with E-state index in [1.807, 2.05) is 6.07 Å². The lowest BCUT2D eigenvalue weighted by Gasteiger charge is -2.17. The van der Waals surface area contributed by atoms with Crippen LogP contribution in [0.4, 0.5) is 4.79 Å². The van der Waals surface area contributed by atoms with Gasteiger partial charge in [-0.25, -0.2) is 9.59 Å². The van der Waals surface area contributed by atoms with Crippen molar-refractivity contribution in [3.8, 4) is 0 Å². The van der Waals surface area contributed by atoms with E-state index in [0.29, 0.717) is 0 Å². The molecule has 0 saturated carbocycles. The summed E-state index contributed by atoms with van der Waals surface area (Å²) in [5.41, 5.74) is 0.787. The highest BCUT2D eigenvalue weighted by atomic mass is 16.5. The zero-order valence-electron chi connectivity index (χ0n) is 14.1. The van der Waals surface area contributed by atoms with E-state index in [9.17, 15) is 24.3 Å². The first-order chi connectivity index (χ1) is 12.3. The molecule has 10 nitrogen and oxygen atoms in total. The molecule has 5 N–H and O–H groups in total. The minimum absolute atomic E-state index is 0.0482. The van der Waals surface area contributed by atoms with E-state index in [0.717, 1.165) is 5.56 Å². The Balaban J connectivity index is 2.24. The Labute approximate surface area is 149 Å². The fraction of sp³-hybridized carbons (Fsp3) is 0.375. The number of aliphatic hydroxyl groups excluding tert-OH is 1. The lowest BCUT2D eigenvalue weighted by molar-refractivity contribution is -0.144. The number of carboxylic acid groups (broad SMARTS) is 1. The Bertz CT molecular complexity index is 634. The van der Waals surface area contributed by atoms with Gasteiger partial charge in [-0.05, 0) is 12.5 Å². The highest BCUT2D eigenvalue weighted by Gasteiger charge is 2.24. The summed E-state index contributed by atoms with van der Waals surface area (Å²) in [5, 5.41) is 24.5. The molecule has 10 heteroatoms. The highest BCUT2D eigenvalue weighted by molar-refractivity contribution is 5.89. The fourth-order valence-electron chi connectivity index (χ4n) is 1.78. The zero-order valence-corrected chi connectivity index (χ0v) is 14.1. The van der Waals surface area contributed by atoms with Gasteiger partial charge in [0.2, 0.25) is 11.8 Å². The number of aliphatic carboxylic acids is 1. The molecule has 2 unspecified atom stereocenters. The summed E-state index contributed by atoms with van der Waals surface area (Å²) in [7, 11) is 0. The Kier molecular flexibility index (Phi) is 8.58. The first kappa shape index (κ1) is 20.9. The van der Waals surface area contributed by atoms with Crippen LogP contribution in [0, 0.1) is 0 Å². The Morgan fingerprint density at radius 2 is 1.65 bits per heavy atom. The minimum atomic E-state index is -1.48. The molecule has 142 valence electrons. The maximum atomic E-state index is 11.6. The van der Waals surface area contributed by atoms with Gasteiger partial charge in [0, 0.05) is 0 Å². The van der Waals surface area contributed by atoms with Gasteiger partial charge in [-0.2, -0.15) is 0 Å². The lowest BCUT2D eigenvalue weighted by Crippen LogP contribution is -2.51. The van der Waals surface area contributed by atoms with Crippen LogP contribution in [0.25, 0.3) is 0 Å². The molecule has 26 heavy (non-hydrogen) atoms. The number of carboxylic acids is 1. The zero-order chi connectivity index (χ0) is 19.5. The summed E-state index contributed by atoms with van der Waals surface area (Å²) in [6.07, 6.45) is -2.10. The Morgan fingerprint density at radius 1 is 1.04 bits per heavy atom. The number of hydrogen-bond donors (Lipinski definition) is 5. The summed E-state index contributed by atoms with van der Waals surface area (Å²) < 4.78 is 4.91. The first-order valence-electron chi connectivity index (χ1n) is 7.71. The topological polar surface area (TPSA) is 154 Å². The number of amides is 3. The van der Waals surface area contributed by atoms with E-state index < -0.39 is 49.1 Å². The fourth-order valence-corrected chi connectivity index (χ4v) is 1.78. The third kappa shape index (κ3) is 8.11. The average Bonchev–Trinajstić information content (AvgIpc) is 2.61. The van der Waals surface area contributed by atoms with E-state index >= 15 is 0 Å². The van der Waals surface area contributed by atoms with Crippen molar-refractivity contribution in [3.63, 3.8) is 0 Å². The van der Waals surface area contributed by atoms with Crippen molar-refractivity contribution in [3.05, 3.63) is 35.9 Å². The van der Waals surface area contributed by atoms with E-state index in [1.165, 1.54) is 6.92 Å². The number of nitrogens with one attached hydrogen (secondary N) is 3. The molecule has 2 atom stereocenters. The van der Waals surface area contributed by atoms with E-state index in [4.69, 9.17) is 9.84 Å². The van der Waals surface area contributed by atoms with Crippen LogP contribution >= 0.6 is 0 Å². The Hall–Kier alpha value is -3.14. The molecular weight excluding hydrogens is 346 g/mol. The van der Waals surface area contributed by atoms with E-state index in [-0.39, 0.29) is 6.61 Å². The number of carbonyl (C=O) groups excluding carboxylic acids is 3. The number of benzene rings is 1. The van der Waals surface area contributed by atoms with E-state index in [1.54, 1.807) is 24.3 Å². The van der Waals surface area contributed by atoms with Crippen LogP contribution in [0.15, 0.2) is 30.3 Å². The van der Waals surface area contributed by atoms with E-state index in [2.05, 4.69) is 16.0 Å². The monoisotopic (exact) mass is 367 g/mol. The third-order valence-electron chi connectivity index (χ3n) is 3.12. The van der Waals surface area contributed by atoms with Crippen LogP contribution < -0.4 is 16.0 Å². The van der Waals surface area contributed by atoms with Gasteiger partial charge in [0.05, 0.1) is 12.6 Å². The summed E-state index contributed by atoms with van der Waals surface area (Å²) >= 11 is 0. The number of aliphatic hydroxyl groups is 1. The molecule has 0 heterocycles. The number of hydrogen-bond acceptors (Lipinski definition) is 6. The van der Waals surface area contributed by atoms with Crippen molar-refractivity contribution >= 4 is 23.9 Å². The first-order valence-corrected chi connectivity index (χ1v) is 7.71. The van der Waals surface area contributed by atoms with Crippen molar-refractivity contribution in [1.29, 1.82) is 0 Å². The van der Waals surface area contributed by atoms with Crippen LogP contribution in [0.5, 0.6) is 0 Å². The van der Waals surface area contributed by atoms with Crippen LogP contribution in [0.3, 0.4) is 0 Å². The van der Waals surface area contributed by atoms with Crippen LogP contribution in [0.2, 0.25) is 0 Å². The molecule has 0 saturated heterocycles. The smallest absolute Gasteiger partial charge is 0.407 e. The van der Waals surface area contributed by atoms with Gasteiger partial charge in [0.25, 0.3) is 0 Å². The van der Waals surface area contributed by atoms with Crippen LogP contribution in [-0.4, -0.2) is 59.3 Å². The van der Waals surface area contributed by atoms with Gasteiger partial charge < -0.3 is 30.9 Å². The Morgan fingerprint density at radius 3 is 2.23 bits per heavy atom. The van der Waals surface area contributed by atoms with Gasteiger partial charge in [0.15, 0.2) is 6.04 Å². The van der Waals surface area contributed by atoms with Crippen molar-refractivity contribution in [2.24, 2.45) is 0 Å². The van der Waals surface area contributed by atoms with Crippen molar-refractivity contribution in [2.45, 2.75) is 25.7 Å². The number of ether oxygens (including phenoxy) is 1. The molecule has 0 radical (unpaired) electrons. The normalized spacial score (nSPS) is 12.4. The SMILES string of the molecule is CC(O)C(NC(=O)CNC(=O)CNC(=O)OCc1ccccc1)C(=O)O. The van der Waals surface area contributed by atoms with Gasteiger partial charge in [-0.15, -0.1) is 0 Å². The third-order valence-corrected chi connectivity index (χ3v) is 3.12. The molecule has 0 spiro atoms. The predicted octanol–water partition coefficient (Wildman–Crippen LogP) is -1.02. The number of carbonyl (C=O) groups is 4. The maximum Gasteiger partial charge on any atom is 0.407 e. The molecule has 1 aromatic rings.